The standard InChI is InChI=1S/C51H61ClN6O8S/c1-29-42(67-28-55-29)32-11-9-30(10-12-32)24-54-45(62)40-21-35(59)25-58(40)46(63)43(49(2,3)4)56-41(60)27-64-26-31-19-38(20-31)65-36-16-13-33(14-17-36)44(61)57-47-50(5,6)48(51(47,7)8)66-37-18-15-34(23-53)39(52)22-37/h9-18,22,28,31,35,38,40,43,47-48,59H,19-21,24-27H2,1-8H3,(H,54,62)(H,56,60)(H,57,61)/t31?,35-,38?,40+,43-,47-,48-/m1/s1. The highest BCUT2D eigenvalue weighted by Gasteiger charge is 2.64. The van der Waals surface area contributed by atoms with Crippen molar-refractivity contribution in [1.82, 2.24) is 25.8 Å². The van der Waals surface area contributed by atoms with E-state index in [4.69, 9.17) is 25.8 Å². The lowest BCUT2D eigenvalue weighted by molar-refractivity contribution is -0.164. The van der Waals surface area contributed by atoms with Crippen LogP contribution in [0.1, 0.15) is 94.9 Å². The SMILES string of the molecule is Cc1ncsc1-c1ccc(CNC(=O)[C@@H]2C[C@@H](O)CN2C(=O)[C@@H](NC(=O)COCC2CC(Oc3ccc(C(=O)N[C@H]4C(C)(C)[C@H](Oc5ccc(C#N)c(Cl)c5)C4(C)C)cc3)C2)C(C)(C)C)cc1. The van der Waals surface area contributed by atoms with Gasteiger partial charge in [-0.15, -0.1) is 11.3 Å². The number of nitriles is 1. The number of nitrogens with one attached hydrogen (secondary N) is 3. The maximum absolute atomic E-state index is 14.0. The van der Waals surface area contributed by atoms with Crippen molar-refractivity contribution in [1.29, 1.82) is 5.26 Å². The largest absolute Gasteiger partial charge is 0.490 e. The number of aliphatic hydroxyl groups is 1. The van der Waals surface area contributed by atoms with Gasteiger partial charge < -0.3 is 40.2 Å². The molecule has 0 unspecified atom stereocenters. The Balaban J connectivity index is 0.825. The highest BCUT2D eigenvalue weighted by molar-refractivity contribution is 7.13. The van der Waals surface area contributed by atoms with Crippen molar-refractivity contribution in [3.05, 3.63) is 99.6 Å². The number of likely N-dealkylation sites (tertiary alicyclic amines) is 1. The van der Waals surface area contributed by atoms with Gasteiger partial charge in [0.1, 0.15) is 42.4 Å². The number of aliphatic hydroxyl groups excluding tert-OH is 1. The average Bonchev–Trinajstić information content (AvgIpc) is 3.89. The quantitative estimate of drug-likeness (QED) is 0.0891. The number of thiazole rings is 1. The van der Waals surface area contributed by atoms with Crippen LogP contribution in [-0.2, 0) is 25.7 Å². The molecular weight excluding hydrogens is 892 g/mol. The van der Waals surface area contributed by atoms with Gasteiger partial charge in [0.05, 0.1) is 45.5 Å². The van der Waals surface area contributed by atoms with Crippen LogP contribution in [0.15, 0.2) is 72.2 Å². The Labute approximate surface area is 401 Å². The minimum Gasteiger partial charge on any atom is -0.490 e. The molecule has 2 heterocycles. The summed E-state index contributed by atoms with van der Waals surface area (Å²) in [6.45, 7) is 16.1. The lowest BCUT2D eigenvalue weighted by Gasteiger charge is -2.63. The Morgan fingerprint density at radius 3 is 2.25 bits per heavy atom. The summed E-state index contributed by atoms with van der Waals surface area (Å²) in [5.74, 6) is -0.0506. The van der Waals surface area contributed by atoms with E-state index >= 15 is 0 Å². The monoisotopic (exact) mass is 952 g/mol. The van der Waals surface area contributed by atoms with Gasteiger partial charge in [-0.05, 0) is 78.6 Å². The first kappa shape index (κ1) is 49.4. The first-order valence-electron chi connectivity index (χ1n) is 22.7. The predicted octanol–water partition coefficient (Wildman–Crippen LogP) is 7.24. The predicted molar refractivity (Wildman–Crippen MR) is 255 cm³/mol. The minimum absolute atomic E-state index is 0.0162. The van der Waals surface area contributed by atoms with E-state index in [0.29, 0.717) is 34.3 Å². The summed E-state index contributed by atoms with van der Waals surface area (Å²) >= 11 is 7.81. The number of carbonyl (C=O) groups is 4. The summed E-state index contributed by atoms with van der Waals surface area (Å²) in [4.78, 5) is 60.9. The molecule has 1 saturated heterocycles. The summed E-state index contributed by atoms with van der Waals surface area (Å²) in [7, 11) is 0. The number of hydrogen-bond donors (Lipinski definition) is 4. The van der Waals surface area contributed by atoms with E-state index < -0.39 is 46.2 Å². The molecular formula is C51H61ClN6O8S. The van der Waals surface area contributed by atoms with Gasteiger partial charge >= 0.3 is 0 Å². The van der Waals surface area contributed by atoms with Crippen molar-refractivity contribution < 1.29 is 38.5 Å². The zero-order chi connectivity index (χ0) is 48.4. The molecule has 356 valence electrons. The second-order valence-corrected chi connectivity index (χ2v) is 21.6. The fourth-order valence-electron chi connectivity index (χ4n) is 9.90. The molecule has 2 aliphatic carbocycles. The van der Waals surface area contributed by atoms with E-state index in [1.54, 1.807) is 53.8 Å². The molecule has 1 aliphatic heterocycles. The molecule has 4 amide bonds. The maximum atomic E-state index is 14.0. The lowest BCUT2D eigenvalue weighted by atomic mass is 9.49. The van der Waals surface area contributed by atoms with E-state index in [9.17, 15) is 29.5 Å². The number of carbonyl (C=O) groups excluding carboxylic acids is 4. The summed E-state index contributed by atoms with van der Waals surface area (Å²) in [6.07, 6.45) is 0.429. The molecule has 3 aliphatic rings. The van der Waals surface area contributed by atoms with Gasteiger partial charge in [0.25, 0.3) is 5.91 Å². The molecule has 14 nitrogen and oxygen atoms in total. The third-order valence-corrected chi connectivity index (χ3v) is 14.6. The van der Waals surface area contributed by atoms with Crippen LogP contribution in [0.3, 0.4) is 0 Å². The molecule has 4 N–H and O–H groups in total. The number of ether oxygens (including phenoxy) is 3. The molecule has 67 heavy (non-hydrogen) atoms. The Morgan fingerprint density at radius 2 is 1.64 bits per heavy atom. The van der Waals surface area contributed by atoms with Gasteiger partial charge in [0, 0.05) is 48.0 Å². The fraction of sp³-hybridized carbons (Fsp3) is 0.490. The molecule has 0 bridgehead atoms. The molecule has 1 aromatic heterocycles. The van der Waals surface area contributed by atoms with E-state index in [1.165, 1.54) is 4.90 Å². The maximum Gasteiger partial charge on any atom is 0.251 e. The molecule has 16 heteroatoms. The van der Waals surface area contributed by atoms with Crippen molar-refractivity contribution in [2.45, 2.75) is 118 Å². The van der Waals surface area contributed by atoms with Crippen molar-refractivity contribution in [2.75, 3.05) is 19.8 Å². The van der Waals surface area contributed by atoms with E-state index in [1.807, 2.05) is 57.5 Å². The van der Waals surface area contributed by atoms with Crippen molar-refractivity contribution >= 4 is 46.6 Å². The molecule has 7 rings (SSSR count). The van der Waals surface area contributed by atoms with Crippen molar-refractivity contribution in [2.24, 2.45) is 22.2 Å². The number of hydrogen-bond acceptors (Lipinski definition) is 11. The van der Waals surface area contributed by atoms with Crippen LogP contribution < -0.4 is 25.4 Å². The molecule has 0 spiro atoms. The number of aromatic nitrogens is 1. The number of benzene rings is 3. The highest BCUT2D eigenvalue weighted by Crippen LogP contribution is 2.55. The Kier molecular flexibility index (Phi) is 14.7. The van der Waals surface area contributed by atoms with Crippen LogP contribution in [0.5, 0.6) is 11.5 Å². The second-order valence-electron chi connectivity index (χ2n) is 20.4. The molecule has 3 fully saturated rings. The third-order valence-electron chi connectivity index (χ3n) is 13.3. The molecule has 0 radical (unpaired) electrons. The zero-order valence-corrected chi connectivity index (χ0v) is 40.9. The number of amides is 4. The summed E-state index contributed by atoms with van der Waals surface area (Å²) in [5, 5.41) is 29.1. The number of nitrogens with zero attached hydrogens (tertiary/aromatic N) is 3. The first-order valence-corrected chi connectivity index (χ1v) is 24.0. The van der Waals surface area contributed by atoms with Crippen LogP contribution in [0.25, 0.3) is 10.4 Å². The van der Waals surface area contributed by atoms with Gasteiger partial charge in [-0.1, -0.05) is 84.3 Å². The van der Waals surface area contributed by atoms with Gasteiger partial charge in [-0.25, -0.2) is 4.98 Å². The first-order chi connectivity index (χ1) is 31.6. The van der Waals surface area contributed by atoms with E-state index in [2.05, 4.69) is 54.7 Å². The fourth-order valence-corrected chi connectivity index (χ4v) is 10.9. The summed E-state index contributed by atoms with van der Waals surface area (Å²) < 4.78 is 18.3. The van der Waals surface area contributed by atoms with Crippen LogP contribution in [0, 0.1) is 40.4 Å². The highest BCUT2D eigenvalue weighted by atomic mass is 35.5. The van der Waals surface area contributed by atoms with Crippen LogP contribution in [-0.4, -0.2) is 94.8 Å². The molecule has 4 aromatic rings. The smallest absolute Gasteiger partial charge is 0.251 e. The van der Waals surface area contributed by atoms with Gasteiger partial charge in [0.15, 0.2) is 0 Å². The van der Waals surface area contributed by atoms with Crippen LogP contribution >= 0.6 is 22.9 Å². The third kappa shape index (κ3) is 11.1. The summed E-state index contributed by atoms with van der Waals surface area (Å²) in [6, 6.07) is 20.0. The average molecular weight is 954 g/mol. The Hall–Kier alpha value is -5.53. The zero-order valence-electron chi connectivity index (χ0n) is 39.4. The molecule has 3 aromatic carbocycles. The minimum atomic E-state index is -0.962. The van der Waals surface area contributed by atoms with Crippen molar-refractivity contribution in [3.8, 4) is 28.0 Å². The van der Waals surface area contributed by atoms with Gasteiger partial charge in [-0.3, -0.25) is 19.2 Å². The van der Waals surface area contributed by atoms with Crippen LogP contribution in [0.4, 0.5) is 0 Å². The number of β-amino-alcohol motifs (C(OH)–C–C–N with tert-alkyl or cyclic N) is 1. The number of halogens is 1. The second kappa shape index (κ2) is 20.0. The number of rotatable bonds is 16. The normalized spacial score (nSPS) is 23.1. The van der Waals surface area contributed by atoms with Gasteiger partial charge in [0.2, 0.25) is 17.7 Å². The van der Waals surface area contributed by atoms with E-state index in [-0.39, 0.29) is 62.1 Å². The van der Waals surface area contributed by atoms with Gasteiger partial charge in [-0.2, -0.15) is 5.26 Å². The van der Waals surface area contributed by atoms with Crippen molar-refractivity contribution in [3.63, 3.8) is 0 Å². The van der Waals surface area contributed by atoms with Crippen LogP contribution in [0.2, 0.25) is 5.02 Å². The molecule has 2 saturated carbocycles. The van der Waals surface area contributed by atoms with E-state index in [0.717, 1.165) is 34.5 Å². The number of aryl methyl sites for hydroxylation is 1. The molecule has 3 atom stereocenters. The summed E-state index contributed by atoms with van der Waals surface area (Å²) in [5.41, 5.74) is 4.11. The Morgan fingerprint density at radius 1 is 0.970 bits per heavy atom. The lowest BCUT2D eigenvalue weighted by Crippen LogP contribution is -2.74. The topological polar surface area (TPSA) is 192 Å². The Bertz CT molecular complexity index is 2480.